The second-order valence-electron chi connectivity index (χ2n) is 6.43. The number of aryl methyl sites for hydroxylation is 2. The summed E-state index contributed by atoms with van der Waals surface area (Å²) in [4.78, 5) is 2.65. The Hall–Kier alpha value is -0.860. The lowest BCUT2D eigenvalue weighted by Gasteiger charge is -2.47. The van der Waals surface area contributed by atoms with Gasteiger partial charge >= 0.3 is 0 Å². The Morgan fingerprint density at radius 1 is 1.32 bits per heavy atom. The zero-order valence-electron chi connectivity index (χ0n) is 13.1. The third-order valence-corrected chi connectivity index (χ3v) is 4.80. The van der Waals surface area contributed by atoms with Gasteiger partial charge < -0.3 is 5.32 Å². The van der Waals surface area contributed by atoms with E-state index in [0.29, 0.717) is 6.04 Å². The van der Waals surface area contributed by atoms with E-state index in [1.165, 1.54) is 23.1 Å². The first kappa shape index (κ1) is 14.5. The Morgan fingerprint density at radius 2 is 2.05 bits per heavy atom. The molecule has 0 spiro atoms. The molecule has 1 aromatic carbocycles. The molecule has 1 aromatic rings. The van der Waals surface area contributed by atoms with Gasteiger partial charge in [-0.15, -0.1) is 0 Å². The molecule has 0 saturated carbocycles. The molecule has 2 atom stereocenters. The quantitative estimate of drug-likeness (QED) is 0.897. The summed E-state index contributed by atoms with van der Waals surface area (Å²) >= 11 is 0. The van der Waals surface area contributed by atoms with Gasteiger partial charge in [0, 0.05) is 31.2 Å². The van der Waals surface area contributed by atoms with E-state index in [4.69, 9.17) is 0 Å². The summed E-state index contributed by atoms with van der Waals surface area (Å²) in [6.45, 7) is 14.6. The van der Waals surface area contributed by atoms with Crippen molar-refractivity contribution in [1.29, 1.82) is 0 Å². The van der Waals surface area contributed by atoms with Crippen LogP contribution in [-0.2, 0) is 6.54 Å². The lowest BCUT2D eigenvalue weighted by molar-refractivity contribution is 0.0453. The fourth-order valence-corrected chi connectivity index (χ4v) is 2.85. The van der Waals surface area contributed by atoms with Crippen LogP contribution < -0.4 is 5.32 Å². The molecule has 1 fully saturated rings. The average Bonchev–Trinajstić information content (AvgIpc) is 2.38. The maximum Gasteiger partial charge on any atom is 0.0307 e. The summed E-state index contributed by atoms with van der Waals surface area (Å²) in [5.74, 6) is 0. The molecule has 2 unspecified atom stereocenters. The van der Waals surface area contributed by atoms with Crippen molar-refractivity contribution in [1.82, 2.24) is 10.2 Å². The molecule has 2 nitrogen and oxygen atoms in total. The Labute approximate surface area is 118 Å². The minimum absolute atomic E-state index is 0.283. The minimum atomic E-state index is 0.283. The van der Waals surface area contributed by atoms with Crippen molar-refractivity contribution in [2.24, 2.45) is 0 Å². The van der Waals surface area contributed by atoms with Gasteiger partial charge in [0.2, 0.25) is 0 Å². The molecule has 1 saturated heterocycles. The van der Waals surface area contributed by atoms with Crippen LogP contribution in [-0.4, -0.2) is 29.6 Å². The van der Waals surface area contributed by atoms with Gasteiger partial charge in [0.15, 0.2) is 0 Å². The van der Waals surface area contributed by atoms with Crippen molar-refractivity contribution in [2.45, 2.75) is 59.2 Å². The van der Waals surface area contributed by atoms with Gasteiger partial charge in [-0.3, -0.25) is 4.90 Å². The second-order valence-corrected chi connectivity index (χ2v) is 6.43. The molecule has 2 heteroatoms. The van der Waals surface area contributed by atoms with Gasteiger partial charge in [-0.1, -0.05) is 25.1 Å². The lowest BCUT2D eigenvalue weighted by atomic mass is 9.91. The summed E-state index contributed by atoms with van der Waals surface area (Å²) in [7, 11) is 0. The molecule has 1 N–H and O–H groups in total. The molecule has 0 amide bonds. The van der Waals surface area contributed by atoms with E-state index in [2.05, 4.69) is 63.0 Å². The molecule has 0 aliphatic carbocycles. The van der Waals surface area contributed by atoms with Crippen LogP contribution in [0.3, 0.4) is 0 Å². The zero-order valence-corrected chi connectivity index (χ0v) is 13.1. The SMILES string of the molecule is CCC1(C)CNC(C)CN1Cc1ccc(C)c(C)c1. The van der Waals surface area contributed by atoms with Crippen molar-refractivity contribution in [3.05, 3.63) is 34.9 Å². The fourth-order valence-electron chi connectivity index (χ4n) is 2.85. The van der Waals surface area contributed by atoms with Gasteiger partial charge in [-0.25, -0.2) is 0 Å². The fraction of sp³-hybridized carbons (Fsp3) is 0.647. The molecule has 0 bridgehead atoms. The van der Waals surface area contributed by atoms with Crippen LogP contribution in [0.5, 0.6) is 0 Å². The van der Waals surface area contributed by atoms with E-state index in [1.807, 2.05) is 0 Å². The lowest BCUT2D eigenvalue weighted by Crippen LogP contribution is -2.61. The van der Waals surface area contributed by atoms with Crippen LogP contribution in [0.2, 0.25) is 0 Å². The molecular weight excluding hydrogens is 232 g/mol. The van der Waals surface area contributed by atoms with Crippen LogP contribution in [0.25, 0.3) is 0 Å². The number of hydrogen-bond acceptors (Lipinski definition) is 2. The van der Waals surface area contributed by atoms with Crippen molar-refractivity contribution in [2.75, 3.05) is 13.1 Å². The molecule has 1 heterocycles. The molecule has 0 aromatic heterocycles. The molecular formula is C17H28N2. The van der Waals surface area contributed by atoms with Crippen molar-refractivity contribution >= 4 is 0 Å². The molecule has 1 aliphatic rings. The maximum atomic E-state index is 3.62. The highest BCUT2D eigenvalue weighted by Crippen LogP contribution is 2.25. The van der Waals surface area contributed by atoms with Crippen LogP contribution in [0.15, 0.2) is 18.2 Å². The van der Waals surface area contributed by atoms with Crippen molar-refractivity contribution in [3.8, 4) is 0 Å². The minimum Gasteiger partial charge on any atom is -0.311 e. The Balaban J connectivity index is 2.16. The molecule has 106 valence electrons. The summed E-state index contributed by atoms with van der Waals surface area (Å²) in [6.07, 6.45) is 1.19. The Morgan fingerprint density at radius 3 is 2.68 bits per heavy atom. The third-order valence-electron chi connectivity index (χ3n) is 4.80. The van der Waals surface area contributed by atoms with Gasteiger partial charge in [0.25, 0.3) is 0 Å². The van der Waals surface area contributed by atoms with E-state index in [1.54, 1.807) is 0 Å². The van der Waals surface area contributed by atoms with Crippen LogP contribution in [0.4, 0.5) is 0 Å². The van der Waals surface area contributed by atoms with Gasteiger partial charge in [0.05, 0.1) is 0 Å². The van der Waals surface area contributed by atoms with Crippen molar-refractivity contribution in [3.63, 3.8) is 0 Å². The molecule has 2 rings (SSSR count). The number of benzene rings is 1. The smallest absolute Gasteiger partial charge is 0.0307 e. The third kappa shape index (κ3) is 3.18. The highest BCUT2D eigenvalue weighted by Gasteiger charge is 2.34. The first-order chi connectivity index (χ1) is 8.94. The molecule has 19 heavy (non-hydrogen) atoms. The predicted molar refractivity (Wildman–Crippen MR) is 82.5 cm³/mol. The highest BCUT2D eigenvalue weighted by molar-refractivity contribution is 5.30. The Kier molecular flexibility index (Phi) is 4.32. The maximum absolute atomic E-state index is 3.62. The number of rotatable bonds is 3. The number of nitrogens with one attached hydrogen (secondary N) is 1. The predicted octanol–water partition coefficient (Wildman–Crippen LogP) is 3.27. The van der Waals surface area contributed by atoms with Crippen molar-refractivity contribution < 1.29 is 0 Å². The number of hydrogen-bond donors (Lipinski definition) is 1. The topological polar surface area (TPSA) is 15.3 Å². The monoisotopic (exact) mass is 260 g/mol. The van der Waals surface area contributed by atoms with E-state index in [0.717, 1.165) is 19.6 Å². The normalized spacial score (nSPS) is 28.6. The first-order valence-corrected chi connectivity index (χ1v) is 7.49. The second kappa shape index (κ2) is 5.64. The van der Waals surface area contributed by atoms with Gasteiger partial charge in [-0.05, 0) is 50.8 Å². The standard InChI is InChI=1S/C17H28N2/c1-6-17(5)12-18-15(4)10-19(17)11-16-8-7-13(2)14(3)9-16/h7-9,15,18H,6,10-12H2,1-5H3. The average molecular weight is 260 g/mol. The Bertz CT molecular complexity index is 441. The zero-order chi connectivity index (χ0) is 14.0. The first-order valence-electron chi connectivity index (χ1n) is 7.49. The van der Waals surface area contributed by atoms with E-state index < -0.39 is 0 Å². The van der Waals surface area contributed by atoms with E-state index >= 15 is 0 Å². The molecule has 0 radical (unpaired) electrons. The van der Waals surface area contributed by atoms with Crippen LogP contribution in [0.1, 0.15) is 43.9 Å². The van der Waals surface area contributed by atoms with Crippen LogP contribution >= 0.6 is 0 Å². The largest absolute Gasteiger partial charge is 0.311 e. The van der Waals surface area contributed by atoms with Gasteiger partial charge in [0.1, 0.15) is 0 Å². The van der Waals surface area contributed by atoms with Crippen LogP contribution in [0, 0.1) is 13.8 Å². The highest BCUT2D eigenvalue weighted by atomic mass is 15.3. The summed E-state index contributed by atoms with van der Waals surface area (Å²) in [5.41, 5.74) is 4.51. The summed E-state index contributed by atoms with van der Waals surface area (Å²) in [5, 5.41) is 3.62. The molecule has 1 aliphatic heterocycles. The van der Waals surface area contributed by atoms with Gasteiger partial charge in [-0.2, -0.15) is 0 Å². The number of piperazine rings is 1. The number of nitrogens with zero attached hydrogens (tertiary/aromatic N) is 1. The summed E-state index contributed by atoms with van der Waals surface area (Å²) < 4.78 is 0. The summed E-state index contributed by atoms with van der Waals surface area (Å²) in [6, 6.07) is 7.47. The van der Waals surface area contributed by atoms with E-state index in [-0.39, 0.29) is 5.54 Å². The van der Waals surface area contributed by atoms with E-state index in [9.17, 15) is 0 Å².